The van der Waals surface area contributed by atoms with Gasteiger partial charge < -0.3 is 30.5 Å². The highest BCUT2D eigenvalue weighted by molar-refractivity contribution is 5.89. The van der Waals surface area contributed by atoms with E-state index in [0.717, 1.165) is 5.69 Å². The van der Waals surface area contributed by atoms with E-state index in [0.29, 0.717) is 37.7 Å². The average Bonchev–Trinajstić information content (AvgIpc) is 2.68. The van der Waals surface area contributed by atoms with Crippen LogP contribution in [0, 0.1) is 0 Å². The van der Waals surface area contributed by atoms with Crippen LogP contribution in [0.25, 0.3) is 0 Å². The Labute approximate surface area is 152 Å². The normalized spacial score (nSPS) is 16.6. The third-order valence-electron chi connectivity index (χ3n) is 3.93. The van der Waals surface area contributed by atoms with E-state index >= 15 is 0 Å². The van der Waals surface area contributed by atoms with Crippen molar-refractivity contribution in [3.05, 3.63) is 54.6 Å². The van der Waals surface area contributed by atoms with Crippen LogP contribution in [0.4, 0.5) is 10.5 Å². The van der Waals surface area contributed by atoms with Gasteiger partial charge in [-0.2, -0.15) is 0 Å². The van der Waals surface area contributed by atoms with Crippen LogP contribution >= 0.6 is 0 Å². The Morgan fingerprint density at radius 1 is 1.08 bits per heavy atom. The second-order valence-electron chi connectivity index (χ2n) is 5.93. The molecule has 0 radical (unpaired) electrons. The zero-order valence-electron chi connectivity index (χ0n) is 14.4. The number of carbonyl (C=O) groups excluding carboxylic acids is 1. The van der Waals surface area contributed by atoms with Crippen LogP contribution in [-0.2, 0) is 0 Å². The van der Waals surface area contributed by atoms with Crippen LogP contribution in [0.3, 0.4) is 0 Å². The Balaban J connectivity index is 1.31. The molecule has 0 bridgehead atoms. The molecular weight excluding hydrogens is 334 g/mol. The van der Waals surface area contributed by atoms with E-state index in [1.54, 1.807) is 0 Å². The van der Waals surface area contributed by atoms with Crippen molar-refractivity contribution in [1.82, 2.24) is 10.6 Å². The lowest BCUT2D eigenvalue weighted by molar-refractivity contribution is -0.00890. The van der Waals surface area contributed by atoms with Crippen molar-refractivity contribution < 1.29 is 19.4 Å². The standard InChI is InChI=1S/C19H23N3O4/c23-15(18-13-25-16-8-4-5-9-17(16)26-18)12-20-10-11-21-19(24)22-14-6-2-1-3-7-14/h1-9,15,18,20,23H,10-13H2,(H2,21,22,24). The number of amides is 2. The molecule has 26 heavy (non-hydrogen) atoms. The van der Waals surface area contributed by atoms with Crippen molar-refractivity contribution in [1.29, 1.82) is 0 Å². The number of ether oxygens (including phenoxy) is 2. The first kappa shape index (κ1) is 18.0. The van der Waals surface area contributed by atoms with Crippen LogP contribution in [0.5, 0.6) is 11.5 Å². The fourth-order valence-corrected chi connectivity index (χ4v) is 2.57. The Morgan fingerprint density at radius 3 is 2.62 bits per heavy atom. The molecule has 138 valence electrons. The van der Waals surface area contributed by atoms with Gasteiger partial charge in [-0.1, -0.05) is 30.3 Å². The van der Waals surface area contributed by atoms with Crippen LogP contribution < -0.4 is 25.4 Å². The molecule has 2 aromatic rings. The SMILES string of the molecule is O=C(NCCNCC(O)C1COc2ccccc2O1)Nc1ccccc1. The molecule has 2 aromatic carbocycles. The number of carbonyl (C=O) groups is 1. The quantitative estimate of drug-likeness (QED) is 0.565. The number of aliphatic hydroxyl groups is 1. The van der Waals surface area contributed by atoms with Crippen molar-refractivity contribution >= 4 is 11.7 Å². The van der Waals surface area contributed by atoms with Crippen LogP contribution in [0.2, 0.25) is 0 Å². The summed E-state index contributed by atoms with van der Waals surface area (Å²) in [6.45, 7) is 1.62. The molecule has 2 unspecified atom stereocenters. The molecule has 0 aliphatic carbocycles. The maximum atomic E-state index is 11.7. The minimum Gasteiger partial charge on any atom is -0.486 e. The monoisotopic (exact) mass is 357 g/mol. The largest absolute Gasteiger partial charge is 0.486 e. The molecule has 0 spiro atoms. The Bertz CT molecular complexity index is 711. The van der Waals surface area contributed by atoms with Crippen molar-refractivity contribution in [3.8, 4) is 11.5 Å². The zero-order chi connectivity index (χ0) is 18.2. The zero-order valence-corrected chi connectivity index (χ0v) is 14.4. The topological polar surface area (TPSA) is 91.9 Å². The lowest BCUT2D eigenvalue weighted by atomic mass is 10.2. The lowest BCUT2D eigenvalue weighted by Gasteiger charge is -2.29. The number of rotatable bonds is 7. The molecule has 0 fully saturated rings. The van der Waals surface area contributed by atoms with Crippen LogP contribution in [-0.4, -0.2) is 49.6 Å². The molecule has 0 saturated carbocycles. The Kier molecular flexibility index (Phi) is 6.29. The number of para-hydroxylation sites is 3. The predicted octanol–water partition coefficient (Wildman–Crippen LogP) is 1.60. The Hall–Kier alpha value is -2.77. The summed E-state index contributed by atoms with van der Waals surface area (Å²) in [7, 11) is 0. The number of nitrogens with one attached hydrogen (secondary N) is 3. The minimum atomic E-state index is -0.707. The van der Waals surface area contributed by atoms with Gasteiger partial charge in [-0.3, -0.25) is 0 Å². The van der Waals surface area contributed by atoms with Gasteiger partial charge in [-0.05, 0) is 24.3 Å². The summed E-state index contributed by atoms with van der Waals surface area (Å²) < 4.78 is 11.4. The van der Waals surface area contributed by atoms with Crippen molar-refractivity contribution in [2.24, 2.45) is 0 Å². The van der Waals surface area contributed by atoms with Gasteiger partial charge in [0.05, 0.1) is 0 Å². The van der Waals surface area contributed by atoms with E-state index < -0.39 is 12.2 Å². The summed E-state index contributed by atoms with van der Waals surface area (Å²) in [6, 6.07) is 16.4. The third kappa shape index (κ3) is 5.11. The van der Waals surface area contributed by atoms with E-state index in [-0.39, 0.29) is 6.03 Å². The van der Waals surface area contributed by atoms with E-state index in [2.05, 4.69) is 16.0 Å². The average molecular weight is 357 g/mol. The molecule has 2 amide bonds. The molecule has 7 heteroatoms. The fourth-order valence-electron chi connectivity index (χ4n) is 2.57. The summed E-state index contributed by atoms with van der Waals surface area (Å²) in [5.41, 5.74) is 0.739. The number of urea groups is 1. The molecule has 1 aliphatic rings. The number of aliphatic hydroxyl groups excluding tert-OH is 1. The van der Waals surface area contributed by atoms with Gasteiger partial charge in [0.1, 0.15) is 12.7 Å². The van der Waals surface area contributed by atoms with Crippen molar-refractivity contribution in [2.75, 3.05) is 31.6 Å². The highest BCUT2D eigenvalue weighted by Gasteiger charge is 2.27. The van der Waals surface area contributed by atoms with Gasteiger partial charge >= 0.3 is 6.03 Å². The molecule has 2 atom stereocenters. The molecule has 1 aliphatic heterocycles. The molecular formula is C19H23N3O4. The number of fused-ring (bicyclic) bond motifs is 1. The summed E-state index contributed by atoms with van der Waals surface area (Å²) in [6.07, 6.45) is -1.13. The first-order valence-electron chi connectivity index (χ1n) is 8.59. The summed E-state index contributed by atoms with van der Waals surface area (Å²) in [4.78, 5) is 11.7. The van der Waals surface area contributed by atoms with E-state index in [1.165, 1.54) is 0 Å². The second kappa shape index (κ2) is 9.07. The van der Waals surface area contributed by atoms with E-state index in [1.807, 2.05) is 54.6 Å². The smallest absolute Gasteiger partial charge is 0.319 e. The first-order valence-corrected chi connectivity index (χ1v) is 8.59. The second-order valence-corrected chi connectivity index (χ2v) is 5.93. The van der Waals surface area contributed by atoms with Crippen LogP contribution in [0.15, 0.2) is 54.6 Å². The van der Waals surface area contributed by atoms with E-state index in [9.17, 15) is 9.90 Å². The number of hydrogen-bond donors (Lipinski definition) is 4. The van der Waals surface area contributed by atoms with Crippen LogP contribution in [0.1, 0.15) is 0 Å². The lowest BCUT2D eigenvalue weighted by Crippen LogP contribution is -2.46. The predicted molar refractivity (Wildman–Crippen MR) is 98.7 cm³/mol. The summed E-state index contributed by atoms with van der Waals surface area (Å²) in [5.74, 6) is 1.33. The molecule has 4 N–H and O–H groups in total. The van der Waals surface area contributed by atoms with Gasteiger partial charge in [-0.25, -0.2) is 4.79 Å². The van der Waals surface area contributed by atoms with Gasteiger partial charge in [0, 0.05) is 25.3 Å². The van der Waals surface area contributed by atoms with Crippen molar-refractivity contribution in [2.45, 2.75) is 12.2 Å². The highest BCUT2D eigenvalue weighted by Crippen LogP contribution is 2.31. The molecule has 0 aromatic heterocycles. The molecule has 0 saturated heterocycles. The maximum absolute atomic E-state index is 11.7. The van der Waals surface area contributed by atoms with Gasteiger partial charge in [-0.15, -0.1) is 0 Å². The summed E-state index contributed by atoms with van der Waals surface area (Å²) in [5, 5.41) is 18.8. The van der Waals surface area contributed by atoms with E-state index in [4.69, 9.17) is 9.47 Å². The maximum Gasteiger partial charge on any atom is 0.319 e. The van der Waals surface area contributed by atoms with Gasteiger partial charge in [0.15, 0.2) is 17.6 Å². The van der Waals surface area contributed by atoms with Crippen molar-refractivity contribution in [3.63, 3.8) is 0 Å². The van der Waals surface area contributed by atoms with Gasteiger partial charge in [0.25, 0.3) is 0 Å². The molecule has 1 heterocycles. The summed E-state index contributed by atoms with van der Waals surface area (Å²) >= 11 is 0. The number of benzene rings is 2. The molecule has 3 rings (SSSR count). The highest BCUT2D eigenvalue weighted by atomic mass is 16.6. The number of hydrogen-bond acceptors (Lipinski definition) is 5. The van der Waals surface area contributed by atoms with Gasteiger partial charge in [0.2, 0.25) is 0 Å². The first-order chi connectivity index (χ1) is 12.7. The third-order valence-corrected chi connectivity index (χ3v) is 3.93. The number of anilines is 1. The fraction of sp³-hybridized carbons (Fsp3) is 0.316. The minimum absolute atomic E-state index is 0.265. The Morgan fingerprint density at radius 2 is 1.81 bits per heavy atom. The molecule has 7 nitrogen and oxygen atoms in total.